The molecule has 1 unspecified atom stereocenters. The lowest BCUT2D eigenvalue weighted by Crippen LogP contribution is -2.48. The van der Waals surface area contributed by atoms with Crippen LogP contribution in [0.2, 0.25) is 0 Å². The molecule has 1 aliphatic heterocycles. The van der Waals surface area contributed by atoms with Crippen molar-refractivity contribution in [2.45, 2.75) is 32.9 Å². The highest BCUT2D eigenvalue weighted by Crippen LogP contribution is 2.17. The van der Waals surface area contributed by atoms with Crippen molar-refractivity contribution in [3.05, 3.63) is 35.4 Å². The van der Waals surface area contributed by atoms with E-state index in [1.54, 1.807) is 6.92 Å². The van der Waals surface area contributed by atoms with Gasteiger partial charge in [0.15, 0.2) is 9.84 Å². The van der Waals surface area contributed by atoms with Gasteiger partial charge < -0.3 is 10.2 Å². The van der Waals surface area contributed by atoms with E-state index in [4.69, 9.17) is 0 Å². The van der Waals surface area contributed by atoms with Crippen molar-refractivity contribution in [2.75, 3.05) is 18.1 Å². The number of sulfone groups is 1. The van der Waals surface area contributed by atoms with Crippen molar-refractivity contribution in [1.82, 2.24) is 10.2 Å². The van der Waals surface area contributed by atoms with Crippen LogP contribution in [0.3, 0.4) is 0 Å². The van der Waals surface area contributed by atoms with Crippen LogP contribution in [0, 0.1) is 6.92 Å². The Morgan fingerprint density at radius 1 is 1.35 bits per heavy atom. The maximum Gasteiger partial charge on any atom is 0.312 e. The fraction of sp³-hybridized carbons (Fsp3) is 0.500. The Balaban J connectivity index is 1.96. The molecule has 0 spiro atoms. The molecule has 1 saturated heterocycles. The highest BCUT2D eigenvalue weighted by Gasteiger charge is 2.35. The molecule has 2 rings (SSSR count). The molecule has 6 nitrogen and oxygen atoms in total. The van der Waals surface area contributed by atoms with Crippen LogP contribution in [0.5, 0.6) is 0 Å². The Labute approximate surface area is 136 Å². The Kier molecular flexibility index (Phi) is 5.41. The molecule has 1 aliphatic rings. The van der Waals surface area contributed by atoms with Gasteiger partial charge in [0.25, 0.3) is 0 Å². The summed E-state index contributed by atoms with van der Waals surface area (Å²) in [6.07, 6.45) is 0.396. The van der Waals surface area contributed by atoms with E-state index in [2.05, 4.69) is 5.32 Å². The number of rotatable bonds is 4. The Morgan fingerprint density at radius 2 is 2.09 bits per heavy atom. The van der Waals surface area contributed by atoms with Crippen LogP contribution in [0.1, 0.15) is 24.5 Å². The summed E-state index contributed by atoms with van der Waals surface area (Å²) in [4.78, 5) is 25.7. The van der Waals surface area contributed by atoms with Gasteiger partial charge in [0.2, 0.25) is 0 Å². The number of aryl methyl sites for hydroxylation is 1. The summed E-state index contributed by atoms with van der Waals surface area (Å²) in [5, 5.41) is 2.61. The summed E-state index contributed by atoms with van der Waals surface area (Å²) in [6.45, 7) is 4.29. The number of nitrogens with one attached hydrogen (secondary N) is 1. The molecule has 126 valence electrons. The topological polar surface area (TPSA) is 83.6 Å². The molecule has 2 amide bonds. The van der Waals surface area contributed by atoms with Gasteiger partial charge in [-0.3, -0.25) is 9.59 Å². The molecule has 0 aliphatic carbocycles. The van der Waals surface area contributed by atoms with Gasteiger partial charge in [-0.2, -0.15) is 0 Å². The molecule has 1 N–H and O–H groups in total. The van der Waals surface area contributed by atoms with Gasteiger partial charge in [-0.15, -0.1) is 0 Å². The third-order valence-electron chi connectivity index (χ3n) is 3.98. The molecule has 0 aromatic heterocycles. The number of carbonyl (C=O) groups excluding carboxylic acids is 2. The van der Waals surface area contributed by atoms with Gasteiger partial charge in [0.05, 0.1) is 11.5 Å². The van der Waals surface area contributed by atoms with Crippen LogP contribution in [-0.2, 0) is 26.0 Å². The van der Waals surface area contributed by atoms with Crippen LogP contribution in [-0.4, -0.2) is 49.2 Å². The van der Waals surface area contributed by atoms with E-state index < -0.39 is 27.7 Å². The van der Waals surface area contributed by atoms with E-state index in [1.165, 1.54) is 4.90 Å². The Bertz CT molecular complexity index is 700. The van der Waals surface area contributed by atoms with Crippen molar-refractivity contribution in [3.63, 3.8) is 0 Å². The lowest BCUT2D eigenvalue weighted by atomic mass is 10.1. The summed E-state index contributed by atoms with van der Waals surface area (Å²) in [5.41, 5.74) is 1.99. The van der Waals surface area contributed by atoms with Gasteiger partial charge >= 0.3 is 11.8 Å². The van der Waals surface area contributed by atoms with E-state index in [0.717, 1.165) is 11.1 Å². The number of carbonyl (C=O) groups is 2. The molecular formula is C16H22N2O4S. The molecule has 1 fully saturated rings. The molecule has 23 heavy (non-hydrogen) atoms. The van der Waals surface area contributed by atoms with E-state index in [-0.39, 0.29) is 18.1 Å². The van der Waals surface area contributed by atoms with E-state index in [9.17, 15) is 18.0 Å². The summed E-state index contributed by atoms with van der Waals surface area (Å²) in [5.74, 6) is -1.34. The average Bonchev–Trinajstić information content (AvgIpc) is 2.85. The minimum Gasteiger partial charge on any atom is -0.344 e. The van der Waals surface area contributed by atoms with Crippen LogP contribution >= 0.6 is 0 Å². The smallest absolute Gasteiger partial charge is 0.312 e. The van der Waals surface area contributed by atoms with Crippen LogP contribution in [0.15, 0.2) is 24.3 Å². The third-order valence-corrected chi connectivity index (χ3v) is 5.73. The maximum atomic E-state index is 12.3. The first-order valence-electron chi connectivity index (χ1n) is 7.67. The fourth-order valence-corrected chi connectivity index (χ4v) is 4.53. The molecule has 1 aromatic rings. The maximum absolute atomic E-state index is 12.3. The predicted octanol–water partition coefficient (Wildman–Crippen LogP) is 0.647. The zero-order valence-electron chi connectivity index (χ0n) is 13.4. The average molecular weight is 338 g/mol. The fourth-order valence-electron chi connectivity index (χ4n) is 2.80. The number of likely N-dealkylation sites (N-methyl/N-ethyl adjacent to an activating group) is 1. The lowest BCUT2D eigenvalue weighted by Gasteiger charge is -2.26. The summed E-state index contributed by atoms with van der Waals surface area (Å²) in [6, 6.07) is 7.25. The van der Waals surface area contributed by atoms with Crippen molar-refractivity contribution >= 4 is 21.7 Å². The molecule has 1 heterocycles. The van der Waals surface area contributed by atoms with Crippen LogP contribution < -0.4 is 5.32 Å². The second-order valence-corrected chi connectivity index (χ2v) is 8.05. The van der Waals surface area contributed by atoms with Crippen LogP contribution in [0.4, 0.5) is 0 Å². The highest BCUT2D eigenvalue weighted by atomic mass is 32.2. The zero-order chi connectivity index (χ0) is 17.0. The molecule has 0 radical (unpaired) electrons. The first-order chi connectivity index (χ1) is 10.8. The molecule has 7 heteroatoms. The molecule has 0 saturated carbocycles. The van der Waals surface area contributed by atoms with Crippen LogP contribution in [0.25, 0.3) is 0 Å². The summed E-state index contributed by atoms with van der Waals surface area (Å²) < 4.78 is 23.1. The van der Waals surface area contributed by atoms with E-state index >= 15 is 0 Å². The second kappa shape index (κ2) is 7.12. The van der Waals surface area contributed by atoms with Gasteiger partial charge in [-0.1, -0.05) is 29.8 Å². The standard InChI is InChI=1S/C16H22N2O4S/c1-3-18(14-7-8-23(21,22)11-14)16(20)15(19)17-10-13-6-4-5-12(2)9-13/h4-6,9,14H,3,7-8,10-11H2,1-2H3,(H,17,19). The van der Waals surface area contributed by atoms with Crippen molar-refractivity contribution in [1.29, 1.82) is 0 Å². The zero-order valence-corrected chi connectivity index (χ0v) is 14.2. The SMILES string of the molecule is CCN(C(=O)C(=O)NCc1cccc(C)c1)C1CCS(=O)(=O)C1. The first-order valence-corrected chi connectivity index (χ1v) is 9.49. The third kappa shape index (κ3) is 4.54. The highest BCUT2D eigenvalue weighted by molar-refractivity contribution is 7.91. The number of nitrogens with zero attached hydrogens (tertiary/aromatic N) is 1. The molecule has 0 bridgehead atoms. The number of hydrogen-bond donors (Lipinski definition) is 1. The monoisotopic (exact) mass is 338 g/mol. The normalized spacial score (nSPS) is 19.3. The largest absolute Gasteiger partial charge is 0.344 e. The minimum atomic E-state index is -3.10. The van der Waals surface area contributed by atoms with Crippen molar-refractivity contribution in [2.24, 2.45) is 0 Å². The predicted molar refractivity (Wildman–Crippen MR) is 87.5 cm³/mol. The van der Waals surface area contributed by atoms with Crippen molar-refractivity contribution < 1.29 is 18.0 Å². The first kappa shape index (κ1) is 17.5. The quantitative estimate of drug-likeness (QED) is 0.817. The van der Waals surface area contributed by atoms with Gasteiger partial charge in [-0.25, -0.2) is 8.42 Å². The van der Waals surface area contributed by atoms with Gasteiger partial charge in [0.1, 0.15) is 0 Å². The molecular weight excluding hydrogens is 316 g/mol. The lowest BCUT2D eigenvalue weighted by molar-refractivity contribution is -0.147. The van der Waals surface area contributed by atoms with E-state index in [0.29, 0.717) is 13.0 Å². The minimum absolute atomic E-state index is 0.0578. The summed E-state index contributed by atoms with van der Waals surface area (Å²) >= 11 is 0. The van der Waals surface area contributed by atoms with Gasteiger partial charge in [-0.05, 0) is 25.8 Å². The molecule has 1 aromatic carbocycles. The number of benzene rings is 1. The number of hydrogen-bond acceptors (Lipinski definition) is 4. The second-order valence-electron chi connectivity index (χ2n) is 5.82. The van der Waals surface area contributed by atoms with Crippen molar-refractivity contribution in [3.8, 4) is 0 Å². The van der Waals surface area contributed by atoms with E-state index in [1.807, 2.05) is 31.2 Å². The van der Waals surface area contributed by atoms with Gasteiger partial charge in [0, 0.05) is 19.1 Å². The molecule has 1 atom stereocenters. The Hall–Kier alpha value is -1.89. The number of amides is 2. The summed E-state index contributed by atoms with van der Waals surface area (Å²) in [7, 11) is -3.10. The Morgan fingerprint density at radius 3 is 2.65 bits per heavy atom.